The van der Waals surface area contributed by atoms with Crippen LogP contribution in [0.5, 0.6) is 0 Å². The monoisotopic (exact) mass is 718 g/mol. The lowest BCUT2D eigenvalue weighted by molar-refractivity contribution is -0.385. The Morgan fingerprint density at radius 2 is 0.722 bits per heavy atom. The summed E-state index contributed by atoms with van der Waals surface area (Å²) in [6.45, 7) is 0. The Morgan fingerprint density at radius 1 is 0.407 bits per heavy atom. The number of nitrogens with one attached hydrogen (secondary N) is 4. The largest absolute Gasteiger partial charge is 0.356 e. The van der Waals surface area contributed by atoms with E-state index in [2.05, 4.69) is 21.3 Å². The fourth-order valence-electron chi connectivity index (χ4n) is 5.79. The molecule has 4 N–H and O–H groups in total. The molecule has 6 aromatic rings. The predicted octanol–water partition coefficient (Wildman–Crippen LogP) is 8.27. The number of nitro benzene ring substituents is 2. The molecule has 1 aliphatic rings. The Kier molecular flexibility index (Phi) is 9.14. The Morgan fingerprint density at radius 3 is 1.07 bits per heavy atom. The smallest absolute Gasteiger partial charge is 0.269 e. The van der Waals surface area contributed by atoms with Crippen LogP contribution in [0.25, 0.3) is 0 Å². The van der Waals surface area contributed by atoms with E-state index in [1.165, 1.54) is 48.5 Å². The van der Waals surface area contributed by atoms with Crippen LogP contribution in [0.1, 0.15) is 52.6 Å². The molecule has 14 nitrogen and oxygen atoms in total. The number of ketones is 2. The van der Waals surface area contributed by atoms with Gasteiger partial charge < -0.3 is 21.3 Å². The zero-order valence-corrected chi connectivity index (χ0v) is 27.9. The lowest BCUT2D eigenvalue weighted by Gasteiger charge is -2.20. The fraction of sp³-hybridized carbons (Fsp3) is 0. The SMILES string of the molecule is O=C(Nc1ccc([N+](=O)[O-])cc1)c1ccc(Nc2ccc3c(c2)C(=O)c2cc(Nc4ccc(C(=O)Nc5ccc([N+](=O)[O-])cc5)cc4)ccc2C3=O)cc1. The Bertz CT molecular complexity index is 2330. The molecule has 264 valence electrons. The minimum Gasteiger partial charge on any atom is -0.356 e. The number of hydrogen-bond acceptors (Lipinski definition) is 10. The molecule has 0 saturated carbocycles. The summed E-state index contributed by atoms with van der Waals surface area (Å²) in [5.74, 6) is -1.42. The fourth-order valence-corrected chi connectivity index (χ4v) is 5.79. The van der Waals surface area contributed by atoms with E-state index in [4.69, 9.17) is 0 Å². The third kappa shape index (κ3) is 7.24. The van der Waals surface area contributed by atoms with Gasteiger partial charge in [-0.15, -0.1) is 0 Å². The van der Waals surface area contributed by atoms with E-state index in [0.29, 0.717) is 45.3 Å². The molecule has 0 aromatic heterocycles. The number of hydrogen-bond donors (Lipinski definition) is 4. The highest BCUT2D eigenvalue weighted by atomic mass is 16.6. The number of benzene rings is 6. The first-order chi connectivity index (χ1) is 26.0. The van der Waals surface area contributed by atoms with Crippen molar-refractivity contribution in [2.75, 3.05) is 21.3 Å². The van der Waals surface area contributed by atoms with Gasteiger partial charge >= 0.3 is 0 Å². The molecule has 0 spiro atoms. The molecule has 0 atom stereocenters. The standard InChI is InChI=1S/C40H26N6O8/c47-37-33-19-13-29(41-25-5-1-23(2-6-25)39(49)43-27-9-15-31(16-10-27)45(51)52)21-35(33)38(48)36-22-30(14-20-34(36)37)42-26-7-3-24(4-8-26)40(50)44-28-11-17-32(18-12-28)46(53)54/h1-22,41-42H,(H,43,49)(H,44,50). The van der Waals surface area contributed by atoms with E-state index < -0.39 is 21.7 Å². The molecule has 0 saturated heterocycles. The first kappa shape index (κ1) is 34.4. The number of non-ortho nitro benzene ring substituents is 2. The Labute approximate surface area is 305 Å². The molecule has 6 aromatic carbocycles. The number of rotatable bonds is 10. The van der Waals surface area contributed by atoms with Crippen molar-refractivity contribution in [2.24, 2.45) is 0 Å². The van der Waals surface area contributed by atoms with Crippen molar-refractivity contribution < 1.29 is 29.0 Å². The summed E-state index contributed by atoms with van der Waals surface area (Å²) in [5.41, 5.74) is 4.72. The number of amides is 2. The summed E-state index contributed by atoms with van der Waals surface area (Å²) >= 11 is 0. The summed E-state index contributed by atoms with van der Waals surface area (Å²) < 4.78 is 0. The molecule has 7 rings (SSSR count). The molecular weight excluding hydrogens is 692 g/mol. The van der Waals surface area contributed by atoms with Crippen LogP contribution in [0.3, 0.4) is 0 Å². The van der Waals surface area contributed by atoms with Crippen LogP contribution >= 0.6 is 0 Å². The minimum atomic E-state index is -0.523. The maximum absolute atomic E-state index is 13.7. The third-order valence-electron chi connectivity index (χ3n) is 8.56. The maximum atomic E-state index is 13.7. The normalized spacial score (nSPS) is 11.5. The van der Waals surface area contributed by atoms with Crippen LogP contribution in [0.2, 0.25) is 0 Å². The molecule has 0 aliphatic heterocycles. The number of carbonyl (C=O) groups is 4. The molecule has 0 unspecified atom stereocenters. The highest BCUT2D eigenvalue weighted by molar-refractivity contribution is 6.29. The van der Waals surface area contributed by atoms with Crippen LogP contribution in [0, 0.1) is 20.2 Å². The van der Waals surface area contributed by atoms with Crippen molar-refractivity contribution in [1.82, 2.24) is 0 Å². The number of carbonyl (C=O) groups excluding carboxylic acids is 4. The van der Waals surface area contributed by atoms with Gasteiger partial charge in [-0.25, -0.2) is 0 Å². The van der Waals surface area contributed by atoms with Crippen molar-refractivity contribution in [2.45, 2.75) is 0 Å². The lowest BCUT2D eigenvalue weighted by atomic mass is 9.83. The second-order valence-electron chi connectivity index (χ2n) is 12.1. The topological polar surface area (TPSA) is 203 Å². The molecule has 0 radical (unpaired) electrons. The second kappa shape index (κ2) is 14.3. The summed E-state index contributed by atoms with van der Waals surface area (Å²) in [4.78, 5) is 73.3. The first-order valence-electron chi connectivity index (χ1n) is 16.3. The predicted molar refractivity (Wildman–Crippen MR) is 201 cm³/mol. The number of fused-ring (bicyclic) bond motifs is 2. The van der Waals surface area contributed by atoms with Crippen molar-refractivity contribution in [3.63, 3.8) is 0 Å². The van der Waals surface area contributed by atoms with Crippen LogP contribution in [0.15, 0.2) is 133 Å². The summed E-state index contributed by atoms with van der Waals surface area (Å²) in [7, 11) is 0. The summed E-state index contributed by atoms with van der Waals surface area (Å²) in [6, 6.07) is 33.9. The molecule has 54 heavy (non-hydrogen) atoms. The highest BCUT2D eigenvalue weighted by Gasteiger charge is 2.30. The van der Waals surface area contributed by atoms with Crippen LogP contribution < -0.4 is 21.3 Å². The molecule has 14 heteroatoms. The van der Waals surface area contributed by atoms with E-state index in [1.807, 2.05) is 0 Å². The number of nitrogens with zero attached hydrogens (tertiary/aromatic N) is 2. The maximum Gasteiger partial charge on any atom is 0.269 e. The molecule has 0 fully saturated rings. The average molecular weight is 719 g/mol. The number of nitro groups is 2. The zero-order chi connectivity index (χ0) is 37.9. The molecule has 0 heterocycles. The Hall–Kier alpha value is -8.00. The summed E-state index contributed by atoms with van der Waals surface area (Å²) in [6.07, 6.45) is 0. The average Bonchev–Trinajstić information content (AvgIpc) is 3.18. The van der Waals surface area contributed by atoms with Crippen LogP contribution in [-0.4, -0.2) is 33.2 Å². The van der Waals surface area contributed by atoms with Gasteiger partial charge in [0.2, 0.25) is 0 Å². The molecule has 0 bridgehead atoms. The van der Waals surface area contributed by atoms with E-state index in [0.717, 1.165) is 0 Å². The van der Waals surface area contributed by atoms with Gasteiger partial charge in [0.1, 0.15) is 0 Å². The van der Waals surface area contributed by atoms with Crippen molar-refractivity contribution in [3.05, 3.63) is 187 Å². The molecule has 1 aliphatic carbocycles. The van der Waals surface area contributed by atoms with Gasteiger partial charge in [-0.2, -0.15) is 0 Å². The van der Waals surface area contributed by atoms with Crippen molar-refractivity contribution in [3.8, 4) is 0 Å². The van der Waals surface area contributed by atoms with E-state index >= 15 is 0 Å². The van der Waals surface area contributed by atoms with Gasteiger partial charge in [0.05, 0.1) is 9.85 Å². The minimum absolute atomic E-state index is 0.0866. The van der Waals surface area contributed by atoms with E-state index in [9.17, 15) is 39.4 Å². The zero-order valence-electron chi connectivity index (χ0n) is 27.9. The molecular formula is C40H26N6O8. The highest BCUT2D eigenvalue weighted by Crippen LogP contribution is 2.33. The van der Waals surface area contributed by atoms with Crippen LogP contribution in [0.4, 0.5) is 45.5 Å². The van der Waals surface area contributed by atoms with Gasteiger partial charge in [-0.3, -0.25) is 39.4 Å². The van der Waals surface area contributed by atoms with Crippen LogP contribution in [-0.2, 0) is 0 Å². The van der Waals surface area contributed by atoms with Crippen molar-refractivity contribution >= 4 is 68.9 Å². The van der Waals surface area contributed by atoms with Gasteiger partial charge in [0.25, 0.3) is 23.2 Å². The second-order valence-corrected chi connectivity index (χ2v) is 12.1. The quantitative estimate of drug-likeness (QED) is 0.0787. The lowest BCUT2D eigenvalue weighted by Crippen LogP contribution is -2.21. The van der Waals surface area contributed by atoms with Crippen molar-refractivity contribution in [1.29, 1.82) is 0 Å². The third-order valence-corrected chi connectivity index (χ3v) is 8.56. The number of anilines is 6. The van der Waals surface area contributed by atoms with Gasteiger partial charge in [0, 0.05) is 91.8 Å². The van der Waals surface area contributed by atoms with E-state index in [-0.39, 0.29) is 45.2 Å². The van der Waals surface area contributed by atoms with Gasteiger partial charge in [-0.05, 0) is 109 Å². The molecule has 2 amide bonds. The van der Waals surface area contributed by atoms with Gasteiger partial charge in [0.15, 0.2) is 11.6 Å². The van der Waals surface area contributed by atoms with E-state index in [1.54, 1.807) is 84.9 Å². The first-order valence-corrected chi connectivity index (χ1v) is 16.3. The Balaban J connectivity index is 1.00. The summed E-state index contributed by atoms with van der Waals surface area (Å²) in [5, 5.41) is 33.5. The van der Waals surface area contributed by atoms with Gasteiger partial charge in [-0.1, -0.05) is 0 Å².